The fraction of sp³-hybridized carbons (Fsp3) is 0.714. The SMILES string of the molecule is CCOP(=O)([O-])C(OC(C)=O)C(C)=O.[Li+]. The molecule has 0 radical (unpaired) electrons. The van der Waals surface area contributed by atoms with Crippen LogP contribution >= 0.6 is 7.60 Å². The van der Waals surface area contributed by atoms with Crippen molar-refractivity contribution < 1.29 is 47.2 Å². The Kier molecular flexibility index (Phi) is 8.31. The maximum Gasteiger partial charge on any atom is 1.00 e. The van der Waals surface area contributed by atoms with Gasteiger partial charge in [-0.3, -0.25) is 9.59 Å². The summed E-state index contributed by atoms with van der Waals surface area (Å²) in [7, 11) is -4.46. The van der Waals surface area contributed by atoms with E-state index in [2.05, 4.69) is 9.26 Å². The molecule has 0 rings (SSSR count). The van der Waals surface area contributed by atoms with Crippen LogP contribution in [0, 0.1) is 0 Å². The molecule has 0 N–H and O–H groups in total. The Labute approximate surface area is 100 Å². The van der Waals surface area contributed by atoms with Crippen LogP contribution in [0.25, 0.3) is 0 Å². The summed E-state index contributed by atoms with van der Waals surface area (Å²) in [6.07, 6.45) is 0. The monoisotopic (exact) mass is 230 g/mol. The van der Waals surface area contributed by atoms with Gasteiger partial charge in [0, 0.05) is 6.92 Å². The second-order valence-electron chi connectivity index (χ2n) is 2.53. The first-order chi connectivity index (χ1) is 6.31. The van der Waals surface area contributed by atoms with E-state index in [0.717, 1.165) is 13.8 Å². The van der Waals surface area contributed by atoms with Gasteiger partial charge in [-0.15, -0.1) is 0 Å². The van der Waals surface area contributed by atoms with E-state index in [-0.39, 0.29) is 25.5 Å². The van der Waals surface area contributed by atoms with Gasteiger partial charge in [0.25, 0.3) is 0 Å². The molecular weight excluding hydrogens is 218 g/mol. The van der Waals surface area contributed by atoms with Gasteiger partial charge in [-0.25, -0.2) is 0 Å². The number of Topliss-reactive ketones (excluding diaryl/α,β-unsaturated/α-hetero) is 1. The molecule has 0 bridgehead atoms. The standard InChI is InChI=1S/C7H13O6P.Li/c1-4-12-14(10,11)7(5(2)8)13-6(3)9;/h7H,4H2,1-3H3,(H,10,11);/q;+1/p-1. The van der Waals surface area contributed by atoms with Gasteiger partial charge in [0.15, 0.2) is 13.4 Å². The smallest absolute Gasteiger partial charge is 0.776 e. The zero-order valence-corrected chi connectivity index (χ0v) is 10.1. The van der Waals surface area contributed by atoms with Crippen molar-refractivity contribution in [2.24, 2.45) is 0 Å². The molecule has 2 unspecified atom stereocenters. The molecule has 0 amide bonds. The minimum absolute atomic E-state index is 0. The number of carbonyl (C=O) groups is 2. The minimum atomic E-state index is -4.46. The summed E-state index contributed by atoms with van der Waals surface area (Å²) in [6.45, 7) is 3.38. The predicted octanol–water partition coefficient (Wildman–Crippen LogP) is -2.94. The van der Waals surface area contributed by atoms with E-state index in [1.54, 1.807) is 0 Å². The van der Waals surface area contributed by atoms with Crippen molar-refractivity contribution in [1.82, 2.24) is 0 Å². The molecule has 0 fully saturated rings. The summed E-state index contributed by atoms with van der Waals surface area (Å²) in [6, 6.07) is 0. The average Bonchev–Trinajstić information content (AvgIpc) is 1.99. The van der Waals surface area contributed by atoms with Crippen LogP contribution in [-0.2, 0) is 23.4 Å². The maximum absolute atomic E-state index is 11.2. The summed E-state index contributed by atoms with van der Waals surface area (Å²) < 4.78 is 19.9. The van der Waals surface area contributed by atoms with Gasteiger partial charge in [0.05, 0.1) is 6.61 Å². The van der Waals surface area contributed by atoms with Crippen LogP contribution < -0.4 is 23.8 Å². The number of carbonyl (C=O) groups excluding carboxylic acids is 2. The van der Waals surface area contributed by atoms with Crippen LogP contribution in [0.4, 0.5) is 0 Å². The second-order valence-corrected chi connectivity index (χ2v) is 4.34. The fourth-order valence-electron chi connectivity index (χ4n) is 0.775. The molecule has 0 aromatic rings. The third kappa shape index (κ3) is 6.13. The Morgan fingerprint density at radius 1 is 1.40 bits per heavy atom. The molecule has 2 atom stereocenters. The predicted molar refractivity (Wildman–Crippen MR) is 45.5 cm³/mol. The molecule has 15 heavy (non-hydrogen) atoms. The summed E-state index contributed by atoms with van der Waals surface area (Å²) in [5.41, 5.74) is 0. The van der Waals surface area contributed by atoms with E-state index in [1.165, 1.54) is 6.92 Å². The second kappa shape index (κ2) is 7.21. The largest absolute Gasteiger partial charge is 1.00 e. The van der Waals surface area contributed by atoms with Gasteiger partial charge in [-0.2, -0.15) is 0 Å². The van der Waals surface area contributed by atoms with Crippen molar-refractivity contribution in [3.05, 3.63) is 0 Å². The van der Waals surface area contributed by atoms with E-state index < -0.39 is 25.2 Å². The number of ketones is 1. The first-order valence-corrected chi connectivity index (χ1v) is 5.55. The van der Waals surface area contributed by atoms with Crippen molar-refractivity contribution >= 4 is 19.3 Å². The van der Waals surface area contributed by atoms with E-state index in [1.807, 2.05) is 0 Å². The van der Waals surface area contributed by atoms with Crippen LogP contribution in [0.1, 0.15) is 20.8 Å². The maximum atomic E-state index is 11.2. The normalized spacial score (nSPS) is 15.7. The first-order valence-electron chi connectivity index (χ1n) is 3.94. The summed E-state index contributed by atoms with van der Waals surface area (Å²) in [4.78, 5) is 32.6. The van der Waals surface area contributed by atoms with Gasteiger partial charge in [0.1, 0.15) is 0 Å². The molecule has 0 aromatic carbocycles. The summed E-state index contributed by atoms with van der Waals surface area (Å²) in [5.74, 6) is -3.46. The summed E-state index contributed by atoms with van der Waals surface area (Å²) in [5, 5.41) is 0. The molecule has 0 aliphatic rings. The molecule has 0 aromatic heterocycles. The number of hydrogen-bond acceptors (Lipinski definition) is 6. The molecule has 0 saturated carbocycles. The zero-order chi connectivity index (χ0) is 11.4. The Morgan fingerprint density at radius 3 is 2.13 bits per heavy atom. The third-order valence-corrected chi connectivity index (χ3v) is 2.88. The Bertz CT molecular complexity index is 279. The Morgan fingerprint density at radius 2 is 1.87 bits per heavy atom. The van der Waals surface area contributed by atoms with Crippen LogP contribution in [0.5, 0.6) is 0 Å². The van der Waals surface area contributed by atoms with Gasteiger partial charge in [0.2, 0.25) is 5.85 Å². The van der Waals surface area contributed by atoms with E-state index in [9.17, 15) is 19.0 Å². The van der Waals surface area contributed by atoms with Crippen molar-refractivity contribution in [2.75, 3.05) is 6.61 Å². The molecule has 8 heteroatoms. The van der Waals surface area contributed by atoms with Crippen LogP contribution in [0.2, 0.25) is 0 Å². The molecule has 0 aliphatic heterocycles. The van der Waals surface area contributed by atoms with Gasteiger partial charge < -0.3 is 18.7 Å². The molecule has 0 saturated heterocycles. The topological polar surface area (TPSA) is 92.7 Å². The van der Waals surface area contributed by atoms with Crippen molar-refractivity contribution in [3.63, 3.8) is 0 Å². The molecular formula is C7H12LiO6P. The van der Waals surface area contributed by atoms with Gasteiger partial charge in [-0.1, -0.05) is 0 Å². The summed E-state index contributed by atoms with van der Waals surface area (Å²) >= 11 is 0. The van der Waals surface area contributed by atoms with Gasteiger partial charge >= 0.3 is 24.8 Å². The Hall–Kier alpha value is -0.113. The van der Waals surface area contributed by atoms with Crippen molar-refractivity contribution in [1.29, 1.82) is 0 Å². The van der Waals surface area contributed by atoms with E-state index in [4.69, 9.17) is 0 Å². The van der Waals surface area contributed by atoms with Crippen molar-refractivity contribution in [2.45, 2.75) is 26.6 Å². The molecule has 82 valence electrons. The quantitative estimate of drug-likeness (QED) is 0.285. The molecule has 0 aliphatic carbocycles. The van der Waals surface area contributed by atoms with E-state index in [0.29, 0.717) is 0 Å². The molecule has 0 spiro atoms. The van der Waals surface area contributed by atoms with Crippen LogP contribution in [0.3, 0.4) is 0 Å². The van der Waals surface area contributed by atoms with Crippen molar-refractivity contribution in [3.8, 4) is 0 Å². The Balaban J connectivity index is 0. The molecule has 6 nitrogen and oxygen atoms in total. The van der Waals surface area contributed by atoms with Gasteiger partial charge in [-0.05, 0) is 13.8 Å². The number of esters is 1. The zero-order valence-electron chi connectivity index (χ0n) is 9.18. The number of ether oxygens (including phenoxy) is 1. The number of hydrogen-bond donors (Lipinski definition) is 0. The van der Waals surface area contributed by atoms with E-state index >= 15 is 0 Å². The average molecular weight is 230 g/mol. The third-order valence-electron chi connectivity index (χ3n) is 1.22. The first kappa shape index (κ1) is 17.3. The number of rotatable bonds is 5. The fourth-order valence-corrected chi connectivity index (χ4v) is 1.99. The van der Waals surface area contributed by atoms with Crippen LogP contribution in [-0.4, -0.2) is 24.2 Å². The molecule has 0 heterocycles. The minimum Gasteiger partial charge on any atom is -0.776 e. The van der Waals surface area contributed by atoms with Crippen LogP contribution in [0.15, 0.2) is 0 Å².